The molecule has 1 fully saturated rings. The van der Waals surface area contributed by atoms with Gasteiger partial charge >= 0.3 is 6.18 Å². The number of nitrogens with zero attached hydrogens (tertiary/aromatic N) is 2. The molecule has 0 radical (unpaired) electrons. The molecule has 0 saturated carbocycles. The summed E-state index contributed by atoms with van der Waals surface area (Å²) in [7, 11) is 0. The summed E-state index contributed by atoms with van der Waals surface area (Å²) in [5, 5.41) is 0. The van der Waals surface area contributed by atoms with Crippen LogP contribution in [0.3, 0.4) is 0 Å². The van der Waals surface area contributed by atoms with Gasteiger partial charge in [-0.15, -0.1) is 0 Å². The number of hydrogen-bond donors (Lipinski definition) is 1. The number of halogens is 3. The standard InChI is InChI=1S/C17H18F3N3O2/c1-9-13-8-22-12(4-10(5-14(22)24)17(18,19)20)7-23(13)15(25)16(9)3-2-11(21)6-16/h2-5,9,11,13H,6-8,21H2,1H3/t9?,11-,13?,16+/m1/s1. The maximum absolute atomic E-state index is 13.0. The van der Waals surface area contributed by atoms with Crippen LogP contribution in [0.4, 0.5) is 13.2 Å². The molecule has 4 rings (SSSR count). The molecule has 4 atom stereocenters. The lowest BCUT2D eigenvalue weighted by atomic mass is 9.75. The Morgan fingerprint density at radius 2 is 2.00 bits per heavy atom. The summed E-state index contributed by atoms with van der Waals surface area (Å²) in [6.45, 7) is 2.17. The minimum atomic E-state index is -4.59. The van der Waals surface area contributed by atoms with Gasteiger partial charge in [-0.25, -0.2) is 0 Å². The Bertz CT molecular complexity index is 845. The number of carbonyl (C=O) groups is 1. The monoisotopic (exact) mass is 353 g/mol. The molecule has 1 amide bonds. The summed E-state index contributed by atoms with van der Waals surface area (Å²) >= 11 is 0. The maximum Gasteiger partial charge on any atom is 0.416 e. The van der Waals surface area contributed by atoms with Gasteiger partial charge in [-0.05, 0) is 18.4 Å². The third-order valence-corrected chi connectivity index (χ3v) is 5.91. The van der Waals surface area contributed by atoms with Crippen LogP contribution in [-0.4, -0.2) is 27.5 Å². The summed E-state index contributed by atoms with van der Waals surface area (Å²) in [6.07, 6.45) is -0.430. The first-order chi connectivity index (χ1) is 11.6. The quantitative estimate of drug-likeness (QED) is 0.719. The Hall–Kier alpha value is -2.09. The van der Waals surface area contributed by atoms with Gasteiger partial charge < -0.3 is 15.2 Å². The second kappa shape index (κ2) is 4.97. The molecule has 1 aliphatic carbocycles. The average molecular weight is 353 g/mol. The Labute approximate surface area is 141 Å². The van der Waals surface area contributed by atoms with E-state index in [1.807, 2.05) is 19.1 Å². The van der Waals surface area contributed by atoms with E-state index in [9.17, 15) is 22.8 Å². The van der Waals surface area contributed by atoms with Crippen LogP contribution in [-0.2, 0) is 24.1 Å². The lowest BCUT2D eigenvalue weighted by Gasteiger charge is -2.34. The fourth-order valence-corrected chi connectivity index (χ4v) is 4.50. The molecule has 2 N–H and O–H groups in total. The van der Waals surface area contributed by atoms with Gasteiger partial charge in [-0.1, -0.05) is 19.1 Å². The van der Waals surface area contributed by atoms with Crippen molar-refractivity contribution in [1.29, 1.82) is 0 Å². The lowest BCUT2D eigenvalue weighted by molar-refractivity contribution is -0.137. The second-order valence-corrected chi connectivity index (χ2v) is 7.24. The first-order valence-electron chi connectivity index (χ1n) is 8.20. The Balaban J connectivity index is 1.76. The van der Waals surface area contributed by atoms with E-state index < -0.39 is 22.7 Å². The normalized spacial score (nSPS) is 33.9. The van der Waals surface area contributed by atoms with Crippen molar-refractivity contribution in [2.45, 2.75) is 44.7 Å². The Morgan fingerprint density at radius 1 is 1.28 bits per heavy atom. The van der Waals surface area contributed by atoms with E-state index in [0.29, 0.717) is 12.5 Å². The number of hydrogen-bond acceptors (Lipinski definition) is 3. The van der Waals surface area contributed by atoms with Crippen LogP contribution in [0.25, 0.3) is 0 Å². The topological polar surface area (TPSA) is 68.3 Å². The van der Waals surface area contributed by atoms with Crippen molar-refractivity contribution in [3.05, 3.63) is 45.9 Å². The van der Waals surface area contributed by atoms with Gasteiger partial charge in [0.25, 0.3) is 5.56 Å². The van der Waals surface area contributed by atoms with E-state index >= 15 is 0 Å². The SMILES string of the molecule is CC1C2Cn3c(cc(C(F)(F)F)cc3=O)CN2C(=O)[C@]12C=C[C@@H](N)C2. The van der Waals surface area contributed by atoms with E-state index in [0.717, 1.165) is 6.07 Å². The summed E-state index contributed by atoms with van der Waals surface area (Å²) in [4.78, 5) is 26.8. The van der Waals surface area contributed by atoms with Crippen LogP contribution in [0, 0.1) is 11.3 Å². The van der Waals surface area contributed by atoms with Gasteiger partial charge in [0, 0.05) is 24.3 Å². The van der Waals surface area contributed by atoms with Gasteiger partial charge in [0.15, 0.2) is 0 Å². The molecule has 1 spiro atoms. The number of pyridine rings is 1. The van der Waals surface area contributed by atoms with Crippen LogP contribution in [0.2, 0.25) is 0 Å². The van der Waals surface area contributed by atoms with Gasteiger partial charge in [0.2, 0.25) is 5.91 Å². The van der Waals surface area contributed by atoms with Crippen molar-refractivity contribution in [2.24, 2.45) is 17.1 Å². The van der Waals surface area contributed by atoms with Crippen molar-refractivity contribution in [1.82, 2.24) is 9.47 Å². The van der Waals surface area contributed by atoms with Crippen LogP contribution in [0.1, 0.15) is 24.6 Å². The number of carbonyl (C=O) groups excluding carboxylic acids is 1. The highest BCUT2D eigenvalue weighted by Gasteiger charge is 2.58. The molecule has 1 saturated heterocycles. The average Bonchev–Trinajstić information content (AvgIpc) is 3.01. The van der Waals surface area contributed by atoms with Crippen molar-refractivity contribution in [3.8, 4) is 0 Å². The first-order valence-corrected chi connectivity index (χ1v) is 8.20. The van der Waals surface area contributed by atoms with Crippen molar-refractivity contribution in [3.63, 3.8) is 0 Å². The summed E-state index contributed by atoms with van der Waals surface area (Å²) in [5.41, 5.74) is 3.81. The van der Waals surface area contributed by atoms with Crippen LogP contribution >= 0.6 is 0 Å². The molecule has 5 nitrogen and oxygen atoms in total. The largest absolute Gasteiger partial charge is 0.416 e. The Kier molecular flexibility index (Phi) is 3.26. The highest BCUT2D eigenvalue weighted by atomic mass is 19.4. The van der Waals surface area contributed by atoms with E-state index in [1.54, 1.807) is 4.90 Å². The minimum absolute atomic E-state index is 0.0117. The molecule has 2 aliphatic heterocycles. The van der Waals surface area contributed by atoms with Gasteiger partial charge in [0.05, 0.1) is 23.6 Å². The Morgan fingerprint density at radius 3 is 2.60 bits per heavy atom. The minimum Gasteiger partial charge on any atom is -0.331 e. The van der Waals surface area contributed by atoms with E-state index in [-0.39, 0.29) is 42.7 Å². The van der Waals surface area contributed by atoms with E-state index in [1.165, 1.54) is 4.57 Å². The molecule has 1 aromatic rings. The predicted octanol–water partition coefficient (Wildman–Crippen LogP) is 1.50. The maximum atomic E-state index is 13.0. The van der Waals surface area contributed by atoms with Gasteiger partial charge in [-0.3, -0.25) is 9.59 Å². The molecule has 134 valence electrons. The van der Waals surface area contributed by atoms with E-state index in [2.05, 4.69) is 0 Å². The highest BCUT2D eigenvalue weighted by molar-refractivity contribution is 5.88. The van der Waals surface area contributed by atoms with Crippen molar-refractivity contribution < 1.29 is 18.0 Å². The third-order valence-electron chi connectivity index (χ3n) is 5.91. The number of amides is 1. The zero-order chi connectivity index (χ0) is 18.1. The summed E-state index contributed by atoms with van der Waals surface area (Å²) in [5.74, 6) is -0.169. The number of nitrogens with two attached hydrogens (primary N) is 1. The zero-order valence-corrected chi connectivity index (χ0v) is 13.6. The summed E-state index contributed by atoms with van der Waals surface area (Å²) in [6, 6.07) is 1.18. The molecule has 2 unspecified atom stereocenters. The van der Waals surface area contributed by atoms with Crippen molar-refractivity contribution in [2.75, 3.05) is 0 Å². The zero-order valence-electron chi connectivity index (χ0n) is 13.6. The van der Waals surface area contributed by atoms with Gasteiger partial charge in [-0.2, -0.15) is 13.2 Å². The van der Waals surface area contributed by atoms with Gasteiger partial charge in [0.1, 0.15) is 0 Å². The molecule has 0 bridgehead atoms. The second-order valence-electron chi connectivity index (χ2n) is 7.24. The molecule has 25 heavy (non-hydrogen) atoms. The lowest BCUT2D eigenvalue weighted by Crippen LogP contribution is -2.46. The predicted molar refractivity (Wildman–Crippen MR) is 83.4 cm³/mol. The number of fused-ring (bicyclic) bond motifs is 2. The molecule has 1 aromatic heterocycles. The number of rotatable bonds is 0. The molecular weight excluding hydrogens is 335 g/mol. The third kappa shape index (κ3) is 2.19. The fourth-order valence-electron chi connectivity index (χ4n) is 4.50. The molecule has 3 heterocycles. The van der Waals surface area contributed by atoms with Crippen molar-refractivity contribution >= 4 is 5.91 Å². The molecule has 8 heteroatoms. The highest BCUT2D eigenvalue weighted by Crippen LogP contribution is 2.50. The van der Waals surface area contributed by atoms with E-state index in [4.69, 9.17) is 5.73 Å². The first kappa shape index (κ1) is 16.4. The number of alkyl halides is 3. The molecular formula is C17H18F3N3O2. The molecule has 0 aromatic carbocycles. The number of aromatic nitrogens is 1. The summed E-state index contributed by atoms with van der Waals surface area (Å²) < 4.78 is 40.3. The van der Waals surface area contributed by atoms with Crippen LogP contribution in [0.5, 0.6) is 0 Å². The smallest absolute Gasteiger partial charge is 0.331 e. The molecule has 3 aliphatic rings. The van der Waals surface area contributed by atoms with Crippen LogP contribution in [0.15, 0.2) is 29.1 Å². The fraction of sp³-hybridized carbons (Fsp3) is 0.529. The van der Waals surface area contributed by atoms with Crippen LogP contribution < -0.4 is 11.3 Å².